The van der Waals surface area contributed by atoms with Gasteiger partial charge in [0.05, 0.1) is 0 Å². The molecule has 96 valence electrons. The minimum absolute atomic E-state index is 0.161. The molecule has 1 aromatic rings. The molecule has 0 aliphatic rings. The molecule has 0 aromatic heterocycles. The van der Waals surface area contributed by atoms with Gasteiger partial charge in [0.1, 0.15) is 0 Å². The lowest BCUT2D eigenvalue weighted by Gasteiger charge is -2.33. The van der Waals surface area contributed by atoms with Gasteiger partial charge >= 0.3 is 0 Å². The van der Waals surface area contributed by atoms with Crippen molar-refractivity contribution < 1.29 is 0 Å². The largest absolute Gasteiger partial charge is 0.309 e. The van der Waals surface area contributed by atoms with Gasteiger partial charge in [-0.1, -0.05) is 51.4 Å². The lowest BCUT2D eigenvalue weighted by Crippen LogP contribution is -2.33. The van der Waals surface area contributed by atoms with Crippen LogP contribution < -0.4 is 5.32 Å². The van der Waals surface area contributed by atoms with Gasteiger partial charge in [0.2, 0.25) is 0 Å². The molecule has 1 atom stereocenters. The van der Waals surface area contributed by atoms with Crippen LogP contribution in [0.4, 0.5) is 0 Å². The standard InChI is InChI=1S/C15H24ClN/c1-6-9-17-14(15(3,4)5)12-8-7-11(2)10-13(12)16/h7-8,10,14,17H,6,9H2,1-5H3. The van der Waals surface area contributed by atoms with Crippen LogP contribution in [0.25, 0.3) is 0 Å². The predicted molar refractivity (Wildman–Crippen MR) is 76.7 cm³/mol. The number of rotatable bonds is 4. The third-order valence-corrected chi connectivity index (χ3v) is 3.26. The molecule has 1 unspecified atom stereocenters. The second-order valence-corrected chi connectivity index (χ2v) is 6.19. The van der Waals surface area contributed by atoms with Crippen molar-refractivity contribution in [2.45, 2.75) is 47.1 Å². The first-order chi connectivity index (χ1) is 7.86. The fraction of sp³-hybridized carbons (Fsp3) is 0.600. The highest BCUT2D eigenvalue weighted by Crippen LogP contribution is 2.36. The van der Waals surface area contributed by atoms with E-state index in [-0.39, 0.29) is 5.41 Å². The van der Waals surface area contributed by atoms with Gasteiger partial charge in [-0.05, 0) is 42.5 Å². The van der Waals surface area contributed by atoms with Crippen molar-refractivity contribution in [2.75, 3.05) is 6.54 Å². The van der Waals surface area contributed by atoms with Gasteiger partial charge in [-0.3, -0.25) is 0 Å². The summed E-state index contributed by atoms with van der Waals surface area (Å²) in [5.74, 6) is 0. The fourth-order valence-electron chi connectivity index (χ4n) is 2.04. The van der Waals surface area contributed by atoms with E-state index in [4.69, 9.17) is 11.6 Å². The van der Waals surface area contributed by atoms with Crippen LogP contribution in [0.5, 0.6) is 0 Å². The first-order valence-corrected chi connectivity index (χ1v) is 6.73. The number of hydrogen-bond donors (Lipinski definition) is 1. The molecule has 0 bridgehead atoms. The van der Waals surface area contributed by atoms with Crippen LogP contribution in [0, 0.1) is 12.3 Å². The minimum Gasteiger partial charge on any atom is -0.309 e. The maximum Gasteiger partial charge on any atom is 0.0456 e. The summed E-state index contributed by atoms with van der Waals surface area (Å²) >= 11 is 6.37. The Morgan fingerprint density at radius 1 is 1.29 bits per heavy atom. The van der Waals surface area contributed by atoms with Crippen LogP contribution in [-0.4, -0.2) is 6.54 Å². The van der Waals surface area contributed by atoms with Crippen molar-refractivity contribution in [3.05, 3.63) is 34.3 Å². The first-order valence-electron chi connectivity index (χ1n) is 6.35. The summed E-state index contributed by atoms with van der Waals surface area (Å²) in [6.07, 6.45) is 1.13. The molecule has 1 nitrogen and oxygen atoms in total. The van der Waals surface area contributed by atoms with Crippen molar-refractivity contribution in [3.63, 3.8) is 0 Å². The number of aryl methyl sites for hydroxylation is 1. The molecular weight excluding hydrogens is 230 g/mol. The van der Waals surface area contributed by atoms with Crippen molar-refractivity contribution in [2.24, 2.45) is 5.41 Å². The Bertz CT molecular complexity index is 366. The molecule has 0 fully saturated rings. The first kappa shape index (κ1) is 14.5. The van der Waals surface area contributed by atoms with Crippen LogP contribution in [0.3, 0.4) is 0 Å². The minimum atomic E-state index is 0.161. The van der Waals surface area contributed by atoms with E-state index in [1.807, 2.05) is 6.07 Å². The highest BCUT2D eigenvalue weighted by molar-refractivity contribution is 6.31. The van der Waals surface area contributed by atoms with E-state index in [0.29, 0.717) is 6.04 Å². The second kappa shape index (κ2) is 5.88. The zero-order valence-electron chi connectivity index (χ0n) is 11.6. The van der Waals surface area contributed by atoms with Gasteiger partial charge in [-0.2, -0.15) is 0 Å². The molecule has 0 amide bonds. The number of nitrogens with one attached hydrogen (secondary N) is 1. The van der Waals surface area contributed by atoms with E-state index < -0.39 is 0 Å². The van der Waals surface area contributed by atoms with E-state index in [1.165, 1.54) is 11.1 Å². The van der Waals surface area contributed by atoms with Crippen LogP contribution in [0.1, 0.15) is 51.3 Å². The van der Waals surface area contributed by atoms with Gasteiger partial charge < -0.3 is 5.32 Å². The topological polar surface area (TPSA) is 12.0 Å². The average Bonchev–Trinajstić information content (AvgIpc) is 2.19. The fourth-order valence-corrected chi connectivity index (χ4v) is 2.38. The van der Waals surface area contributed by atoms with Crippen LogP contribution in [0.2, 0.25) is 5.02 Å². The molecule has 17 heavy (non-hydrogen) atoms. The highest BCUT2D eigenvalue weighted by atomic mass is 35.5. The lowest BCUT2D eigenvalue weighted by atomic mass is 9.82. The van der Waals surface area contributed by atoms with E-state index in [9.17, 15) is 0 Å². The highest BCUT2D eigenvalue weighted by Gasteiger charge is 2.27. The molecule has 2 heteroatoms. The Kier molecular flexibility index (Phi) is 5.03. The van der Waals surface area contributed by atoms with Crippen molar-refractivity contribution in [1.82, 2.24) is 5.32 Å². The number of hydrogen-bond acceptors (Lipinski definition) is 1. The van der Waals surface area contributed by atoms with Crippen LogP contribution >= 0.6 is 11.6 Å². The third kappa shape index (κ3) is 4.01. The molecule has 0 radical (unpaired) electrons. The van der Waals surface area contributed by atoms with Crippen molar-refractivity contribution in [3.8, 4) is 0 Å². The quantitative estimate of drug-likeness (QED) is 0.818. The third-order valence-electron chi connectivity index (χ3n) is 2.93. The lowest BCUT2D eigenvalue weighted by molar-refractivity contribution is 0.273. The van der Waals surface area contributed by atoms with Gasteiger partial charge in [-0.15, -0.1) is 0 Å². The Morgan fingerprint density at radius 3 is 2.41 bits per heavy atom. The van der Waals surface area contributed by atoms with E-state index in [2.05, 4.69) is 52.1 Å². The van der Waals surface area contributed by atoms with Gasteiger partial charge in [0.25, 0.3) is 0 Å². The Morgan fingerprint density at radius 2 is 1.94 bits per heavy atom. The molecule has 0 saturated carbocycles. The second-order valence-electron chi connectivity index (χ2n) is 5.78. The van der Waals surface area contributed by atoms with Gasteiger partial charge in [-0.25, -0.2) is 0 Å². The summed E-state index contributed by atoms with van der Waals surface area (Å²) in [5, 5.41) is 4.47. The Labute approximate surface area is 111 Å². The molecule has 0 heterocycles. The van der Waals surface area contributed by atoms with Gasteiger partial charge in [0, 0.05) is 11.1 Å². The molecule has 0 aliphatic carbocycles. The maximum absolute atomic E-state index is 6.37. The smallest absolute Gasteiger partial charge is 0.0456 e. The van der Waals surface area contributed by atoms with Crippen LogP contribution in [0.15, 0.2) is 18.2 Å². The molecule has 0 aliphatic heterocycles. The van der Waals surface area contributed by atoms with E-state index >= 15 is 0 Å². The number of benzene rings is 1. The van der Waals surface area contributed by atoms with Gasteiger partial charge in [0.15, 0.2) is 0 Å². The monoisotopic (exact) mass is 253 g/mol. The summed E-state index contributed by atoms with van der Waals surface area (Å²) in [4.78, 5) is 0. The molecule has 1 rings (SSSR count). The van der Waals surface area contributed by atoms with Crippen LogP contribution in [-0.2, 0) is 0 Å². The molecular formula is C15H24ClN. The van der Waals surface area contributed by atoms with Crippen molar-refractivity contribution >= 4 is 11.6 Å². The molecule has 0 saturated heterocycles. The molecule has 1 aromatic carbocycles. The molecule has 0 spiro atoms. The zero-order valence-corrected chi connectivity index (χ0v) is 12.4. The Balaban J connectivity index is 3.04. The summed E-state index contributed by atoms with van der Waals surface area (Å²) in [6, 6.07) is 6.63. The summed E-state index contributed by atoms with van der Waals surface area (Å²) < 4.78 is 0. The summed E-state index contributed by atoms with van der Waals surface area (Å²) in [5.41, 5.74) is 2.58. The average molecular weight is 254 g/mol. The summed E-state index contributed by atoms with van der Waals surface area (Å²) in [6.45, 7) is 12.0. The SMILES string of the molecule is CCCNC(c1ccc(C)cc1Cl)C(C)(C)C. The molecule has 1 N–H and O–H groups in total. The predicted octanol–water partition coefficient (Wildman–Crippen LogP) is 4.74. The normalized spacial score (nSPS) is 13.8. The van der Waals surface area contributed by atoms with Crippen molar-refractivity contribution in [1.29, 1.82) is 0 Å². The summed E-state index contributed by atoms with van der Waals surface area (Å²) in [7, 11) is 0. The van der Waals surface area contributed by atoms with E-state index in [1.54, 1.807) is 0 Å². The maximum atomic E-state index is 6.37. The van der Waals surface area contributed by atoms with E-state index in [0.717, 1.165) is 18.0 Å². The number of halogens is 1. The Hall–Kier alpha value is -0.530. The zero-order chi connectivity index (χ0) is 13.1.